The van der Waals surface area contributed by atoms with Gasteiger partial charge in [-0.3, -0.25) is 9.69 Å². The lowest BCUT2D eigenvalue weighted by Crippen LogP contribution is -2.35. The van der Waals surface area contributed by atoms with Gasteiger partial charge in [0.05, 0.1) is 0 Å². The Labute approximate surface area is 165 Å². The molecule has 0 saturated carbocycles. The fraction of sp³-hybridized carbons (Fsp3) is 0.571. The van der Waals surface area contributed by atoms with Crippen LogP contribution in [-0.4, -0.2) is 52.0 Å². The van der Waals surface area contributed by atoms with Crippen LogP contribution in [0.2, 0.25) is 0 Å². The molecule has 0 spiro atoms. The second kappa shape index (κ2) is 10.3. The number of hydrogen-bond acceptors (Lipinski definition) is 5. The third-order valence-corrected chi connectivity index (χ3v) is 5.03. The van der Waals surface area contributed by atoms with Crippen LogP contribution in [0.15, 0.2) is 28.8 Å². The number of carbonyl (C=O) groups is 1. The van der Waals surface area contributed by atoms with Gasteiger partial charge in [0.25, 0.3) is 0 Å². The summed E-state index contributed by atoms with van der Waals surface area (Å²) in [5, 5.41) is 3.95. The zero-order valence-electron chi connectivity index (χ0n) is 16.6. The molecule has 152 valence electrons. The number of aryl methyl sites for hydroxylation is 2. The molecule has 1 aromatic carbocycles. The number of rotatable bonds is 8. The molecule has 0 unspecified atom stereocenters. The van der Waals surface area contributed by atoms with Crippen LogP contribution in [0.25, 0.3) is 0 Å². The highest BCUT2D eigenvalue weighted by Gasteiger charge is 2.19. The first kappa shape index (κ1) is 20.5. The number of carbonyl (C=O) groups excluding carboxylic acids is 1. The van der Waals surface area contributed by atoms with E-state index in [-0.39, 0.29) is 11.7 Å². The maximum atomic E-state index is 13.0. The molecule has 1 saturated heterocycles. The van der Waals surface area contributed by atoms with Crippen LogP contribution in [-0.2, 0) is 24.2 Å². The largest absolute Gasteiger partial charge is 0.341 e. The SMILES string of the molecule is CCCc1noc(CCCC(=O)N2CCCN(Cc3ccc(F)cc3)CC2)n1. The molecule has 28 heavy (non-hydrogen) atoms. The average Bonchev–Trinajstić information content (AvgIpc) is 3.00. The third-order valence-electron chi connectivity index (χ3n) is 5.03. The molecule has 1 amide bonds. The van der Waals surface area contributed by atoms with Gasteiger partial charge in [-0.15, -0.1) is 0 Å². The summed E-state index contributed by atoms with van der Waals surface area (Å²) in [5.41, 5.74) is 1.10. The summed E-state index contributed by atoms with van der Waals surface area (Å²) in [4.78, 5) is 21.2. The number of aromatic nitrogens is 2. The van der Waals surface area contributed by atoms with Crippen molar-refractivity contribution in [3.63, 3.8) is 0 Å². The van der Waals surface area contributed by atoms with Crippen molar-refractivity contribution in [1.29, 1.82) is 0 Å². The minimum absolute atomic E-state index is 0.192. The van der Waals surface area contributed by atoms with Crippen molar-refractivity contribution in [3.05, 3.63) is 47.4 Å². The molecule has 1 fully saturated rings. The Balaban J connectivity index is 1.40. The molecule has 2 aromatic rings. The van der Waals surface area contributed by atoms with E-state index in [1.807, 2.05) is 17.0 Å². The van der Waals surface area contributed by atoms with E-state index in [9.17, 15) is 9.18 Å². The molecule has 0 aliphatic carbocycles. The number of hydrogen-bond donors (Lipinski definition) is 0. The van der Waals surface area contributed by atoms with Gasteiger partial charge < -0.3 is 9.42 Å². The van der Waals surface area contributed by atoms with E-state index in [1.54, 1.807) is 0 Å². The molecular weight excluding hydrogens is 359 g/mol. The predicted molar refractivity (Wildman–Crippen MR) is 104 cm³/mol. The summed E-state index contributed by atoms with van der Waals surface area (Å²) in [6.45, 7) is 6.19. The predicted octanol–water partition coefficient (Wildman–Crippen LogP) is 3.22. The van der Waals surface area contributed by atoms with Crippen molar-refractivity contribution in [2.75, 3.05) is 26.2 Å². The molecule has 3 rings (SSSR count). The van der Waals surface area contributed by atoms with Gasteiger partial charge in [-0.1, -0.05) is 24.2 Å². The van der Waals surface area contributed by atoms with Gasteiger partial charge in [0.2, 0.25) is 11.8 Å². The van der Waals surface area contributed by atoms with Gasteiger partial charge in [-0.05, 0) is 37.0 Å². The molecule has 2 heterocycles. The zero-order chi connectivity index (χ0) is 19.8. The van der Waals surface area contributed by atoms with Crippen LogP contribution in [0.4, 0.5) is 4.39 Å². The maximum absolute atomic E-state index is 13.0. The molecule has 1 aliphatic rings. The van der Waals surface area contributed by atoms with Gasteiger partial charge >= 0.3 is 0 Å². The Kier molecular flexibility index (Phi) is 7.54. The molecule has 1 aromatic heterocycles. The van der Waals surface area contributed by atoms with Crippen LogP contribution in [0.3, 0.4) is 0 Å². The first-order valence-corrected chi connectivity index (χ1v) is 10.2. The highest BCUT2D eigenvalue weighted by Crippen LogP contribution is 2.12. The molecule has 7 heteroatoms. The molecule has 0 bridgehead atoms. The van der Waals surface area contributed by atoms with Gasteiger partial charge in [-0.2, -0.15) is 4.98 Å². The van der Waals surface area contributed by atoms with Crippen molar-refractivity contribution < 1.29 is 13.7 Å². The van der Waals surface area contributed by atoms with Crippen molar-refractivity contribution in [3.8, 4) is 0 Å². The van der Waals surface area contributed by atoms with Gasteiger partial charge in [0.15, 0.2) is 5.82 Å². The maximum Gasteiger partial charge on any atom is 0.226 e. The number of halogens is 1. The third kappa shape index (κ3) is 6.12. The van der Waals surface area contributed by atoms with E-state index in [0.29, 0.717) is 18.7 Å². The van der Waals surface area contributed by atoms with E-state index in [4.69, 9.17) is 4.52 Å². The Bertz CT molecular complexity index is 747. The quantitative estimate of drug-likeness (QED) is 0.695. The molecule has 1 aliphatic heterocycles. The van der Waals surface area contributed by atoms with Crippen LogP contribution in [0.5, 0.6) is 0 Å². The summed E-state index contributed by atoms with van der Waals surface area (Å²) in [6, 6.07) is 6.65. The molecular formula is C21H29FN4O2. The fourth-order valence-corrected chi connectivity index (χ4v) is 3.49. The van der Waals surface area contributed by atoms with Gasteiger partial charge in [0, 0.05) is 52.0 Å². The minimum Gasteiger partial charge on any atom is -0.341 e. The van der Waals surface area contributed by atoms with E-state index in [0.717, 1.165) is 69.8 Å². The van der Waals surface area contributed by atoms with Crippen molar-refractivity contribution in [2.24, 2.45) is 0 Å². The average molecular weight is 388 g/mol. The lowest BCUT2D eigenvalue weighted by Gasteiger charge is -2.22. The van der Waals surface area contributed by atoms with Gasteiger partial charge in [-0.25, -0.2) is 4.39 Å². The summed E-state index contributed by atoms with van der Waals surface area (Å²) >= 11 is 0. The normalized spacial score (nSPS) is 15.6. The highest BCUT2D eigenvalue weighted by molar-refractivity contribution is 5.76. The van der Waals surface area contributed by atoms with Crippen molar-refractivity contribution in [2.45, 2.75) is 52.0 Å². The first-order chi connectivity index (χ1) is 13.6. The van der Waals surface area contributed by atoms with Crippen molar-refractivity contribution in [1.82, 2.24) is 19.9 Å². The lowest BCUT2D eigenvalue weighted by molar-refractivity contribution is -0.131. The monoisotopic (exact) mass is 388 g/mol. The fourth-order valence-electron chi connectivity index (χ4n) is 3.49. The zero-order valence-corrected chi connectivity index (χ0v) is 16.6. The standard InChI is InChI=1S/C21H29FN4O2/c1-2-5-19-23-20(28-24-19)6-3-7-21(27)26-13-4-12-25(14-15-26)16-17-8-10-18(22)11-9-17/h8-11H,2-7,12-16H2,1H3. The minimum atomic E-state index is -0.210. The second-order valence-corrected chi connectivity index (χ2v) is 7.34. The Morgan fingerprint density at radius 3 is 2.75 bits per heavy atom. The Morgan fingerprint density at radius 2 is 1.96 bits per heavy atom. The van der Waals surface area contributed by atoms with Crippen LogP contribution in [0, 0.1) is 5.82 Å². The second-order valence-electron chi connectivity index (χ2n) is 7.34. The lowest BCUT2D eigenvalue weighted by atomic mass is 10.2. The summed E-state index contributed by atoms with van der Waals surface area (Å²) in [6.07, 6.45) is 4.64. The van der Waals surface area contributed by atoms with Gasteiger partial charge in [0.1, 0.15) is 5.82 Å². The summed E-state index contributed by atoms with van der Waals surface area (Å²) in [5.74, 6) is 1.35. The smallest absolute Gasteiger partial charge is 0.226 e. The highest BCUT2D eigenvalue weighted by atomic mass is 19.1. The van der Waals surface area contributed by atoms with Crippen molar-refractivity contribution >= 4 is 5.91 Å². The van der Waals surface area contributed by atoms with Crippen LogP contribution >= 0.6 is 0 Å². The molecule has 0 atom stereocenters. The first-order valence-electron chi connectivity index (χ1n) is 10.2. The van der Waals surface area contributed by atoms with E-state index >= 15 is 0 Å². The number of nitrogens with zero attached hydrogens (tertiary/aromatic N) is 4. The summed E-state index contributed by atoms with van der Waals surface area (Å²) < 4.78 is 18.3. The summed E-state index contributed by atoms with van der Waals surface area (Å²) in [7, 11) is 0. The van der Waals surface area contributed by atoms with E-state index < -0.39 is 0 Å². The number of benzene rings is 1. The number of amides is 1. The van der Waals surface area contributed by atoms with Crippen LogP contribution < -0.4 is 0 Å². The van der Waals surface area contributed by atoms with E-state index in [1.165, 1.54) is 12.1 Å². The van der Waals surface area contributed by atoms with Crippen LogP contribution in [0.1, 0.15) is 49.9 Å². The topological polar surface area (TPSA) is 62.5 Å². The molecule has 0 radical (unpaired) electrons. The molecule has 6 nitrogen and oxygen atoms in total. The van der Waals surface area contributed by atoms with E-state index in [2.05, 4.69) is 22.0 Å². The molecule has 0 N–H and O–H groups in total. The Morgan fingerprint density at radius 1 is 1.14 bits per heavy atom. The Hall–Kier alpha value is -2.28.